The van der Waals surface area contributed by atoms with Gasteiger partial charge in [-0.15, -0.1) is 24.3 Å². The smallest absolute Gasteiger partial charge is 0.336 e. The van der Waals surface area contributed by atoms with Gasteiger partial charge < -0.3 is 29.9 Å². The standard InChI is InChI=1S/2C14H9O5.Au/c2*15-13(16)11-7-6-10(8-12(11)14(17)18)19-9-4-2-1-3-5-9;/h2*2-8H,(H,15,16)(H,17,18);/q2*-1;. The van der Waals surface area contributed by atoms with Crippen molar-refractivity contribution in [1.82, 2.24) is 0 Å². The van der Waals surface area contributed by atoms with Crippen molar-refractivity contribution >= 4 is 23.9 Å². The van der Waals surface area contributed by atoms with Gasteiger partial charge in [0.05, 0.1) is 22.3 Å². The Labute approximate surface area is 237 Å². The van der Waals surface area contributed by atoms with E-state index in [0.717, 1.165) is 0 Å². The summed E-state index contributed by atoms with van der Waals surface area (Å²) < 4.78 is 10.9. The molecule has 0 aromatic heterocycles. The van der Waals surface area contributed by atoms with Crippen LogP contribution in [-0.4, -0.2) is 44.3 Å². The molecular formula is C28H18AuO10-2. The van der Waals surface area contributed by atoms with Crippen molar-refractivity contribution in [3.63, 3.8) is 0 Å². The molecule has 203 valence electrons. The zero-order valence-corrected chi connectivity index (χ0v) is 21.8. The van der Waals surface area contributed by atoms with E-state index in [4.69, 9.17) is 29.9 Å². The van der Waals surface area contributed by atoms with Crippen LogP contribution in [0.25, 0.3) is 0 Å². The Morgan fingerprint density at radius 1 is 0.462 bits per heavy atom. The summed E-state index contributed by atoms with van der Waals surface area (Å²) in [5, 5.41) is 35.7. The molecule has 0 aliphatic rings. The summed E-state index contributed by atoms with van der Waals surface area (Å²) in [7, 11) is 0. The van der Waals surface area contributed by atoms with E-state index >= 15 is 0 Å². The molecule has 0 saturated carbocycles. The molecular weight excluding hydrogens is 693 g/mol. The fourth-order valence-electron chi connectivity index (χ4n) is 3.05. The third-order valence-corrected chi connectivity index (χ3v) is 4.75. The summed E-state index contributed by atoms with van der Waals surface area (Å²) in [6, 6.07) is 26.5. The Kier molecular flexibility index (Phi) is 11.0. The van der Waals surface area contributed by atoms with Gasteiger partial charge in [0.15, 0.2) is 0 Å². The van der Waals surface area contributed by atoms with Gasteiger partial charge in [-0.2, -0.15) is 36.4 Å². The second-order valence-electron chi connectivity index (χ2n) is 7.31. The number of ether oxygens (including phenoxy) is 2. The zero-order valence-electron chi connectivity index (χ0n) is 19.6. The van der Waals surface area contributed by atoms with Crippen molar-refractivity contribution < 1.29 is 71.5 Å². The maximum Gasteiger partial charge on any atom is 0.336 e. The van der Waals surface area contributed by atoms with Crippen molar-refractivity contribution in [2.24, 2.45) is 0 Å². The zero-order chi connectivity index (χ0) is 27.7. The van der Waals surface area contributed by atoms with Crippen LogP contribution in [0, 0.1) is 12.1 Å². The van der Waals surface area contributed by atoms with Crippen LogP contribution in [0.3, 0.4) is 0 Å². The van der Waals surface area contributed by atoms with Crippen molar-refractivity contribution in [3.8, 4) is 23.0 Å². The van der Waals surface area contributed by atoms with Crippen LogP contribution in [-0.2, 0) is 22.4 Å². The van der Waals surface area contributed by atoms with Crippen LogP contribution in [0.5, 0.6) is 23.0 Å². The molecule has 0 aliphatic carbocycles. The fraction of sp³-hybridized carbons (Fsp3) is 0. The Balaban J connectivity index is 0.000000267. The molecule has 39 heavy (non-hydrogen) atoms. The van der Waals surface area contributed by atoms with Gasteiger partial charge in [-0.05, 0) is 36.4 Å². The number of benzene rings is 4. The molecule has 4 rings (SSSR count). The van der Waals surface area contributed by atoms with Gasteiger partial charge in [-0.3, -0.25) is 0 Å². The first kappa shape index (κ1) is 30.3. The van der Waals surface area contributed by atoms with Gasteiger partial charge in [-0.25, -0.2) is 19.2 Å². The predicted molar refractivity (Wildman–Crippen MR) is 131 cm³/mol. The normalized spacial score (nSPS) is 9.64. The molecule has 0 amide bonds. The van der Waals surface area contributed by atoms with Gasteiger partial charge in [0.2, 0.25) is 0 Å². The quantitative estimate of drug-likeness (QED) is 0.138. The Hall–Kier alpha value is -4.90. The monoisotopic (exact) mass is 711 g/mol. The number of hydrogen-bond acceptors (Lipinski definition) is 6. The van der Waals surface area contributed by atoms with E-state index in [9.17, 15) is 19.2 Å². The molecule has 0 spiro atoms. The van der Waals surface area contributed by atoms with Crippen LogP contribution in [0.1, 0.15) is 41.4 Å². The molecule has 4 aromatic rings. The van der Waals surface area contributed by atoms with Crippen molar-refractivity contribution in [3.05, 3.63) is 119 Å². The Morgan fingerprint density at radius 2 is 0.769 bits per heavy atom. The van der Waals surface area contributed by atoms with Crippen molar-refractivity contribution in [2.45, 2.75) is 0 Å². The first-order valence-electron chi connectivity index (χ1n) is 10.6. The summed E-state index contributed by atoms with van der Waals surface area (Å²) >= 11 is 0. The van der Waals surface area contributed by atoms with Gasteiger partial charge >= 0.3 is 23.9 Å². The summed E-state index contributed by atoms with van der Waals surface area (Å²) in [6.07, 6.45) is 0. The summed E-state index contributed by atoms with van der Waals surface area (Å²) in [6.45, 7) is 0. The molecule has 0 saturated heterocycles. The van der Waals surface area contributed by atoms with Gasteiger partial charge in [0.25, 0.3) is 0 Å². The molecule has 4 aromatic carbocycles. The summed E-state index contributed by atoms with van der Waals surface area (Å²) in [5.41, 5.74) is -1.18. The Bertz CT molecular complexity index is 1360. The molecule has 4 N–H and O–H groups in total. The van der Waals surface area contributed by atoms with E-state index in [1.165, 1.54) is 36.4 Å². The van der Waals surface area contributed by atoms with E-state index in [1.54, 1.807) is 48.5 Å². The number of rotatable bonds is 8. The third kappa shape index (κ3) is 8.58. The van der Waals surface area contributed by atoms with Gasteiger partial charge in [-0.1, -0.05) is 0 Å². The first-order valence-corrected chi connectivity index (χ1v) is 10.6. The average Bonchev–Trinajstić information content (AvgIpc) is 2.90. The number of carbonyl (C=O) groups is 4. The number of hydrogen-bond donors (Lipinski definition) is 4. The molecule has 0 fully saturated rings. The molecule has 0 atom stereocenters. The van der Waals surface area contributed by atoms with Crippen LogP contribution in [0.15, 0.2) is 84.9 Å². The molecule has 10 nitrogen and oxygen atoms in total. The van der Waals surface area contributed by atoms with Gasteiger partial charge in [0, 0.05) is 33.9 Å². The molecule has 0 unspecified atom stereocenters. The minimum Gasteiger partial charge on any atom is -0.483 e. The average molecular weight is 711 g/mol. The van der Waals surface area contributed by atoms with E-state index in [2.05, 4.69) is 12.1 Å². The molecule has 0 bridgehead atoms. The Morgan fingerprint density at radius 3 is 1.05 bits per heavy atom. The second kappa shape index (κ2) is 14.1. The maximum absolute atomic E-state index is 11.0. The van der Waals surface area contributed by atoms with E-state index < -0.39 is 23.9 Å². The number of carboxylic acids is 4. The molecule has 0 heterocycles. The molecule has 11 heteroatoms. The minimum atomic E-state index is -1.32. The van der Waals surface area contributed by atoms with E-state index in [0.29, 0.717) is 11.5 Å². The second-order valence-corrected chi connectivity index (χ2v) is 7.31. The number of carboxylic acid groups (broad SMARTS) is 4. The van der Waals surface area contributed by atoms with Crippen LogP contribution >= 0.6 is 0 Å². The third-order valence-electron chi connectivity index (χ3n) is 4.75. The van der Waals surface area contributed by atoms with Crippen LogP contribution < -0.4 is 9.47 Å². The van der Waals surface area contributed by atoms with Crippen LogP contribution in [0.2, 0.25) is 0 Å². The first-order chi connectivity index (χ1) is 18.2. The molecule has 1 radical (unpaired) electrons. The SMILES string of the molecule is O=C(O)c1ccc(Oc2cc[c-]cc2)cc1C(=O)O.O=C(O)c1ccc(Oc2cc[c-]cc2)cc1C(=O)O.[Au]. The van der Waals surface area contributed by atoms with E-state index in [1.807, 2.05) is 0 Å². The van der Waals surface area contributed by atoms with Crippen molar-refractivity contribution in [1.29, 1.82) is 0 Å². The maximum atomic E-state index is 11.0. The minimum absolute atomic E-state index is 0. The summed E-state index contributed by atoms with van der Waals surface area (Å²) in [4.78, 5) is 43.8. The fourth-order valence-corrected chi connectivity index (χ4v) is 3.05. The summed E-state index contributed by atoms with van der Waals surface area (Å²) in [5.74, 6) is -3.68. The van der Waals surface area contributed by atoms with Crippen molar-refractivity contribution in [2.75, 3.05) is 0 Å². The largest absolute Gasteiger partial charge is 0.483 e. The van der Waals surface area contributed by atoms with Gasteiger partial charge in [0.1, 0.15) is 11.5 Å². The topological polar surface area (TPSA) is 168 Å². The number of aromatic carboxylic acids is 4. The van der Waals surface area contributed by atoms with E-state index in [-0.39, 0.29) is 56.1 Å². The predicted octanol–water partition coefficient (Wildman–Crippen LogP) is 5.35. The van der Waals surface area contributed by atoms with Crippen LogP contribution in [0.4, 0.5) is 0 Å². The molecule has 0 aliphatic heterocycles.